The van der Waals surface area contributed by atoms with Gasteiger partial charge in [0.15, 0.2) is 0 Å². The maximum atomic E-state index is 9.00. The van der Waals surface area contributed by atoms with Crippen molar-refractivity contribution in [2.24, 2.45) is 5.73 Å². The molecule has 1 aromatic heterocycles. The summed E-state index contributed by atoms with van der Waals surface area (Å²) in [5, 5.41) is 15.4. The predicted molar refractivity (Wildman–Crippen MR) is 51.2 cm³/mol. The van der Waals surface area contributed by atoms with Gasteiger partial charge in [0.1, 0.15) is 5.84 Å². The number of carboxylic acids is 1. The number of hydrogen-bond acceptors (Lipinski definition) is 4. The van der Waals surface area contributed by atoms with Crippen molar-refractivity contribution < 1.29 is 9.90 Å². The normalized spacial score (nSPS) is 8.46. The van der Waals surface area contributed by atoms with Gasteiger partial charge >= 0.3 is 0 Å². The molecule has 0 unspecified atom stereocenters. The number of rotatable bonds is 1. The van der Waals surface area contributed by atoms with Crippen LogP contribution in [0.4, 0.5) is 0 Å². The maximum absolute atomic E-state index is 9.00. The zero-order chi connectivity index (χ0) is 10.4. The molecule has 0 aliphatic rings. The van der Waals surface area contributed by atoms with Gasteiger partial charge in [-0.1, -0.05) is 0 Å². The van der Waals surface area contributed by atoms with Gasteiger partial charge in [0, 0.05) is 13.1 Å². The quantitative estimate of drug-likeness (QED) is 0.462. The topological polar surface area (TPSA) is 100 Å². The lowest BCUT2D eigenvalue weighted by Gasteiger charge is -1.84. The standard InChI is InChI=1S/C5H7N3S.C2H4O2/c1-3-8-2-4(9-3)5(6)7;1-2(3)4/h2H,1H3,(H3,6,7);1H3,(H,3,4). The summed E-state index contributed by atoms with van der Waals surface area (Å²) in [6, 6.07) is 0. The van der Waals surface area contributed by atoms with Gasteiger partial charge in [0.05, 0.1) is 9.88 Å². The molecule has 72 valence electrons. The van der Waals surface area contributed by atoms with Crippen molar-refractivity contribution in [1.82, 2.24) is 4.98 Å². The van der Waals surface area contributed by atoms with Crippen molar-refractivity contribution in [2.45, 2.75) is 13.8 Å². The number of nitrogens with zero attached hydrogens (tertiary/aromatic N) is 1. The minimum absolute atomic E-state index is 0.0978. The number of aromatic nitrogens is 1. The van der Waals surface area contributed by atoms with Gasteiger partial charge in [-0.2, -0.15) is 0 Å². The highest BCUT2D eigenvalue weighted by Crippen LogP contribution is 2.09. The van der Waals surface area contributed by atoms with Crippen LogP contribution in [0.2, 0.25) is 0 Å². The summed E-state index contributed by atoms with van der Waals surface area (Å²) in [4.78, 5) is 13.7. The van der Waals surface area contributed by atoms with E-state index >= 15 is 0 Å². The van der Waals surface area contributed by atoms with Gasteiger partial charge in [0.25, 0.3) is 5.97 Å². The molecule has 0 amide bonds. The number of carboxylic acid groups (broad SMARTS) is 1. The Morgan fingerprint density at radius 3 is 2.38 bits per heavy atom. The first kappa shape index (κ1) is 11.6. The summed E-state index contributed by atoms with van der Waals surface area (Å²) in [5.41, 5.74) is 5.18. The van der Waals surface area contributed by atoms with Crippen LogP contribution in [0.15, 0.2) is 6.20 Å². The highest BCUT2D eigenvalue weighted by molar-refractivity contribution is 7.13. The Morgan fingerprint density at radius 2 is 2.23 bits per heavy atom. The second kappa shape index (κ2) is 5.26. The first-order chi connectivity index (χ1) is 5.93. The SMILES string of the molecule is CC(=O)O.Cc1ncc(C(=N)N)s1. The first-order valence-electron chi connectivity index (χ1n) is 3.40. The average molecular weight is 201 g/mol. The Labute approximate surface area is 79.7 Å². The molecule has 1 rings (SSSR count). The molecule has 4 N–H and O–H groups in total. The molecule has 0 aromatic carbocycles. The lowest BCUT2D eigenvalue weighted by molar-refractivity contribution is -0.134. The smallest absolute Gasteiger partial charge is 0.300 e. The molecule has 13 heavy (non-hydrogen) atoms. The number of amidine groups is 1. The van der Waals surface area contributed by atoms with Crippen LogP contribution >= 0.6 is 11.3 Å². The first-order valence-corrected chi connectivity index (χ1v) is 4.21. The predicted octanol–water partition coefficient (Wildman–Crippen LogP) is 0.826. The van der Waals surface area contributed by atoms with Crippen molar-refractivity contribution in [3.63, 3.8) is 0 Å². The zero-order valence-corrected chi connectivity index (χ0v) is 8.18. The molecule has 0 radical (unpaired) electrons. The fraction of sp³-hybridized carbons (Fsp3) is 0.286. The number of hydrogen-bond donors (Lipinski definition) is 3. The number of nitrogens with two attached hydrogens (primary N) is 1. The molecule has 0 saturated heterocycles. The van der Waals surface area contributed by atoms with E-state index in [1.807, 2.05) is 6.92 Å². The van der Waals surface area contributed by atoms with Gasteiger partial charge in [-0.25, -0.2) is 4.98 Å². The van der Waals surface area contributed by atoms with E-state index in [1.165, 1.54) is 11.3 Å². The van der Waals surface area contributed by atoms with Crippen LogP contribution in [0.5, 0.6) is 0 Å². The van der Waals surface area contributed by atoms with Gasteiger partial charge in [-0.3, -0.25) is 10.2 Å². The molecule has 0 atom stereocenters. The third-order valence-electron chi connectivity index (χ3n) is 0.887. The maximum Gasteiger partial charge on any atom is 0.300 e. The molecule has 0 fully saturated rings. The third kappa shape index (κ3) is 5.80. The largest absolute Gasteiger partial charge is 0.481 e. The Kier molecular flexibility index (Phi) is 4.68. The zero-order valence-electron chi connectivity index (χ0n) is 7.37. The fourth-order valence-corrected chi connectivity index (χ4v) is 1.12. The van der Waals surface area contributed by atoms with Gasteiger partial charge in [0.2, 0.25) is 0 Å². The number of nitrogen functional groups attached to an aromatic ring is 1. The summed E-state index contributed by atoms with van der Waals surface area (Å²) in [5.74, 6) is -0.736. The van der Waals surface area contributed by atoms with E-state index in [4.69, 9.17) is 21.0 Å². The summed E-state index contributed by atoms with van der Waals surface area (Å²) in [7, 11) is 0. The molecule has 0 aliphatic carbocycles. The van der Waals surface area contributed by atoms with Crippen molar-refractivity contribution in [3.8, 4) is 0 Å². The van der Waals surface area contributed by atoms with Gasteiger partial charge < -0.3 is 10.8 Å². The second-order valence-electron chi connectivity index (χ2n) is 2.18. The van der Waals surface area contributed by atoms with Crippen LogP contribution in [0.25, 0.3) is 0 Å². The number of nitrogens with one attached hydrogen (secondary N) is 1. The van der Waals surface area contributed by atoms with Crippen LogP contribution in [-0.4, -0.2) is 21.9 Å². The van der Waals surface area contributed by atoms with E-state index in [-0.39, 0.29) is 5.84 Å². The Bertz CT molecular complexity index is 304. The molecular weight excluding hydrogens is 190 g/mol. The average Bonchev–Trinajstić information content (AvgIpc) is 2.34. The number of aliphatic carboxylic acids is 1. The molecule has 0 spiro atoms. The van der Waals surface area contributed by atoms with Crippen LogP contribution in [-0.2, 0) is 4.79 Å². The lowest BCUT2D eigenvalue weighted by Crippen LogP contribution is -2.08. The second-order valence-corrected chi connectivity index (χ2v) is 3.41. The molecule has 6 heteroatoms. The Morgan fingerprint density at radius 1 is 1.77 bits per heavy atom. The summed E-state index contributed by atoms with van der Waals surface area (Å²) in [6.45, 7) is 2.97. The molecule has 0 bridgehead atoms. The van der Waals surface area contributed by atoms with Gasteiger partial charge in [-0.05, 0) is 6.92 Å². The molecule has 1 aromatic rings. The molecule has 1 heterocycles. The van der Waals surface area contributed by atoms with Crippen LogP contribution < -0.4 is 5.73 Å². The van der Waals surface area contributed by atoms with Crippen LogP contribution in [0.3, 0.4) is 0 Å². The van der Waals surface area contributed by atoms with E-state index in [0.29, 0.717) is 0 Å². The molecular formula is C7H11N3O2S. The highest BCUT2D eigenvalue weighted by atomic mass is 32.1. The van der Waals surface area contributed by atoms with E-state index < -0.39 is 5.97 Å². The highest BCUT2D eigenvalue weighted by Gasteiger charge is 1.98. The van der Waals surface area contributed by atoms with Crippen molar-refractivity contribution in [3.05, 3.63) is 16.1 Å². The molecule has 5 nitrogen and oxygen atoms in total. The Balaban J connectivity index is 0.000000310. The minimum atomic E-state index is -0.833. The van der Waals surface area contributed by atoms with Crippen LogP contribution in [0.1, 0.15) is 16.8 Å². The lowest BCUT2D eigenvalue weighted by atomic mass is 10.5. The van der Waals surface area contributed by atoms with E-state index in [1.54, 1.807) is 6.20 Å². The van der Waals surface area contributed by atoms with E-state index in [0.717, 1.165) is 16.8 Å². The summed E-state index contributed by atoms with van der Waals surface area (Å²) < 4.78 is 0. The van der Waals surface area contributed by atoms with Crippen LogP contribution in [0, 0.1) is 12.3 Å². The number of carbonyl (C=O) groups is 1. The molecule has 0 saturated carbocycles. The number of aryl methyl sites for hydroxylation is 1. The monoisotopic (exact) mass is 201 g/mol. The fourth-order valence-electron chi connectivity index (χ4n) is 0.486. The minimum Gasteiger partial charge on any atom is -0.481 e. The Hall–Kier alpha value is -1.43. The summed E-state index contributed by atoms with van der Waals surface area (Å²) >= 11 is 1.44. The van der Waals surface area contributed by atoms with Crippen molar-refractivity contribution in [1.29, 1.82) is 5.41 Å². The van der Waals surface area contributed by atoms with Crippen molar-refractivity contribution in [2.75, 3.05) is 0 Å². The third-order valence-corrected chi connectivity index (χ3v) is 1.83. The van der Waals surface area contributed by atoms with Gasteiger partial charge in [-0.15, -0.1) is 11.3 Å². The van der Waals surface area contributed by atoms with E-state index in [2.05, 4.69) is 4.98 Å². The summed E-state index contributed by atoms with van der Waals surface area (Å²) in [6.07, 6.45) is 1.61. The molecule has 0 aliphatic heterocycles. The number of thiazole rings is 1. The van der Waals surface area contributed by atoms with Crippen molar-refractivity contribution >= 4 is 23.1 Å². The van der Waals surface area contributed by atoms with E-state index in [9.17, 15) is 0 Å².